The fourth-order valence-corrected chi connectivity index (χ4v) is 2.64. The van der Waals surface area contributed by atoms with Gasteiger partial charge in [-0.1, -0.05) is 29.3 Å². The van der Waals surface area contributed by atoms with Gasteiger partial charge in [0, 0.05) is 6.61 Å². The van der Waals surface area contributed by atoms with Gasteiger partial charge in [-0.3, -0.25) is 0 Å². The van der Waals surface area contributed by atoms with E-state index in [-0.39, 0.29) is 11.0 Å². The Balaban J connectivity index is 2.26. The van der Waals surface area contributed by atoms with Crippen molar-refractivity contribution in [1.82, 2.24) is 0 Å². The summed E-state index contributed by atoms with van der Waals surface area (Å²) in [5.41, 5.74) is 0.666. The molecule has 1 aliphatic heterocycles. The Labute approximate surface area is 111 Å². The van der Waals surface area contributed by atoms with Crippen LogP contribution in [0, 0.1) is 0 Å². The van der Waals surface area contributed by atoms with E-state index in [2.05, 4.69) is 0 Å². The van der Waals surface area contributed by atoms with E-state index >= 15 is 0 Å². The molecular formula is C12H13Cl3O. The van der Waals surface area contributed by atoms with Crippen LogP contribution in [0.3, 0.4) is 0 Å². The van der Waals surface area contributed by atoms with E-state index in [9.17, 15) is 0 Å². The highest BCUT2D eigenvalue weighted by molar-refractivity contribution is 6.42. The quantitative estimate of drug-likeness (QED) is 0.704. The molecule has 0 bridgehead atoms. The lowest BCUT2D eigenvalue weighted by Crippen LogP contribution is -2.28. The molecule has 1 aliphatic rings. The lowest BCUT2D eigenvalue weighted by molar-refractivity contribution is 0.0164. The van der Waals surface area contributed by atoms with Gasteiger partial charge in [0.15, 0.2) is 0 Å². The number of alkyl halides is 1. The number of hydrogen-bond acceptors (Lipinski definition) is 1. The Morgan fingerprint density at radius 2 is 2.06 bits per heavy atom. The largest absolute Gasteiger partial charge is 0.373 e. The van der Waals surface area contributed by atoms with Gasteiger partial charge in [-0.15, -0.1) is 11.6 Å². The lowest BCUT2D eigenvalue weighted by atomic mass is 9.93. The molecular weight excluding hydrogens is 266 g/mol. The van der Waals surface area contributed by atoms with Gasteiger partial charge in [-0.05, 0) is 37.5 Å². The molecule has 1 aromatic carbocycles. The second-order valence-electron chi connectivity index (χ2n) is 4.30. The van der Waals surface area contributed by atoms with Crippen LogP contribution in [-0.4, -0.2) is 12.2 Å². The van der Waals surface area contributed by atoms with Gasteiger partial charge in [-0.25, -0.2) is 0 Å². The van der Waals surface area contributed by atoms with Crippen LogP contribution in [0.5, 0.6) is 0 Å². The summed E-state index contributed by atoms with van der Waals surface area (Å²) in [6.07, 6.45) is 2.03. The zero-order chi connectivity index (χ0) is 11.8. The molecule has 2 rings (SSSR count). The molecule has 1 aromatic rings. The molecule has 88 valence electrons. The standard InChI is InChI=1S/C12H13Cl3O/c1-12(5-2-6-16-12)11(15)8-3-4-9(13)10(14)7-8/h3-4,7,11H,2,5-6H2,1H3. The minimum absolute atomic E-state index is 0.190. The second kappa shape index (κ2) is 4.73. The zero-order valence-corrected chi connectivity index (χ0v) is 11.2. The third kappa shape index (κ3) is 2.33. The number of halogens is 3. The summed E-state index contributed by atoms with van der Waals surface area (Å²) in [4.78, 5) is 0. The molecule has 1 fully saturated rings. The van der Waals surface area contributed by atoms with Crippen molar-refractivity contribution in [2.75, 3.05) is 6.61 Å². The summed E-state index contributed by atoms with van der Waals surface area (Å²) in [6, 6.07) is 5.49. The highest BCUT2D eigenvalue weighted by atomic mass is 35.5. The summed E-state index contributed by atoms with van der Waals surface area (Å²) in [6.45, 7) is 2.82. The molecule has 1 nitrogen and oxygen atoms in total. The molecule has 0 saturated carbocycles. The van der Waals surface area contributed by atoms with Crippen LogP contribution in [-0.2, 0) is 4.74 Å². The van der Waals surface area contributed by atoms with E-state index in [1.165, 1.54) is 0 Å². The Morgan fingerprint density at radius 1 is 1.31 bits per heavy atom. The molecule has 2 unspecified atom stereocenters. The van der Waals surface area contributed by atoms with Gasteiger partial charge >= 0.3 is 0 Å². The van der Waals surface area contributed by atoms with Gasteiger partial charge in [-0.2, -0.15) is 0 Å². The molecule has 0 spiro atoms. The monoisotopic (exact) mass is 278 g/mol. The first-order chi connectivity index (χ1) is 7.53. The van der Waals surface area contributed by atoms with E-state index in [0.717, 1.165) is 25.0 Å². The molecule has 1 saturated heterocycles. The Bertz CT molecular complexity index is 386. The normalized spacial score (nSPS) is 27.0. The molecule has 0 N–H and O–H groups in total. The van der Waals surface area contributed by atoms with Crippen LogP contribution in [0.2, 0.25) is 10.0 Å². The fraction of sp³-hybridized carbons (Fsp3) is 0.500. The van der Waals surface area contributed by atoms with E-state index in [1.54, 1.807) is 6.07 Å². The van der Waals surface area contributed by atoms with Gasteiger partial charge < -0.3 is 4.74 Å². The van der Waals surface area contributed by atoms with Crippen molar-refractivity contribution in [3.8, 4) is 0 Å². The average molecular weight is 280 g/mol. The Hall–Kier alpha value is 0.0500. The van der Waals surface area contributed by atoms with Crippen LogP contribution in [0.1, 0.15) is 30.7 Å². The van der Waals surface area contributed by atoms with E-state index in [0.29, 0.717) is 10.0 Å². The minimum Gasteiger partial charge on any atom is -0.373 e. The first-order valence-electron chi connectivity index (χ1n) is 5.26. The van der Waals surface area contributed by atoms with Crippen molar-refractivity contribution < 1.29 is 4.74 Å². The van der Waals surface area contributed by atoms with Crippen LogP contribution >= 0.6 is 34.8 Å². The van der Waals surface area contributed by atoms with E-state index in [1.807, 2.05) is 19.1 Å². The van der Waals surface area contributed by atoms with Gasteiger partial charge in [0.1, 0.15) is 0 Å². The van der Waals surface area contributed by atoms with Gasteiger partial charge in [0.25, 0.3) is 0 Å². The van der Waals surface area contributed by atoms with Crippen LogP contribution in [0.4, 0.5) is 0 Å². The smallest absolute Gasteiger partial charge is 0.0873 e. The van der Waals surface area contributed by atoms with E-state index in [4.69, 9.17) is 39.5 Å². The van der Waals surface area contributed by atoms with Gasteiger partial charge in [0.05, 0.1) is 21.0 Å². The number of hydrogen-bond donors (Lipinski definition) is 0. The highest BCUT2D eigenvalue weighted by Crippen LogP contribution is 2.42. The zero-order valence-electron chi connectivity index (χ0n) is 8.97. The molecule has 0 radical (unpaired) electrons. The first-order valence-corrected chi connectivity index (χ1v) is 6.45. The second-order valence-corrected chi connectivity index (χ2v) is 5.55. The third-order valence-electron chi connectivity index (χ3n) is 3.02. The number of rotatable bonds is 2. The van der Waals surface area contributed by atoms with E-state index < -0.39 is 0 Å². The molecule has 0 aliphatic carbocycles. The summed E-state index contributed by atoms with van der Waals surface area (Å²) in [5.74, 6) is 0. The molecule has 0 aromatic heterocycles. The molecule has 1 heterocycles. The van der Waals surface area contributed by atoms with Crippen LogP contribution < -0.4 is 0 Å². The predicted molar refractivity (Wildman–Crippen MR) is 68.6 cm³/mol. The summed E-state index contributed by atoms with van der Waals surface area (Å²) in [7, 11) is 0. The Kier molecular flexibility index (Phi) is 3.70. The van der Waals surface area contributed by atoms with Crippen LogP contribution in [0.25, 0.3) is 0 Å². The third-order valence-corrected chi connectivity index (χ3v) is 4.47. The van der Waals surface area contributed by atoms with Crippen molar-refractivity contribution >= 4 is 34.8 Å². The SMILES string of the molecule is CC1(C(Cl)c2ccc(Cl)c(Cl)c2)CCCO1. The highest BCUT2D eigenvalue weighted by Gasteiger charge is 2.38. The molecule has 4 heteroatoms. The summed E-state index contributed by atoms with van der Waals surface area (Å²) in [5, 5.41) is 0.892. The summed E-state index contributed by atoms with van der Waals surface area (Å²) < 4.78 is 5.72. The van der Waals surface area contributed by atoms with Crippen LogP contribution in [0.15, 0.2) is 18.2 Å². The van der Waals surface area contributed by atoms with Crippen molar-refractivity contribution in [3.63, 3.8) is 0 Å². The fourth-order valence-electron chi connectivity index (χ4n) is 2.02. The number of ether oxygens (including phenoxy) is 1. The van der Waals surface area contributed by atoms with Crippen molar-refractivity contribution in [2.45, 2.75) is 30.7 Å². The van der Waals surface area contributed by atoms with Crippen molar-refractivity contribution in [2.24, 2.45) is 0 Å². The van der Waals surface area contributed by atoms with Crippen molar-refractivity contribution in [1.29, 1.82) is 0 Å². The molecule has 0 amide bonds. The maximum absolute atomic E-state index is 6.45. The molecule has 16 heavy (non-hydrogen) atoms. The predicted octanol–water partition coefficient (Wildman–Crippen LogP) is 4.84. The maximum Gasteiger partial charge on any atom is 0.0873 e. The Morgan fingerprint density at radius 3 is 2.62 bits per heavy atom. The van der Waals surface area contributed by atoms with Crippen molar-refractivity contribution in [3.05, 3.63) is 33.8 Å². The number of benzene rings is 1. The summed E-state index contributed by atoms with van der Waals surface area (Å²) >= 11 is 18.3. The first kappa shape index (κ1) is 12.5. The average Bonchev–Trinajstić information content (AvgIpc) is 2.70. The molecule has 2 atom stereocenters. The lowest BCUT2D eigenvalue weighted by Gasteiger charge is -2.29. The van der Waals surface area contributed by atoms with Gasteiger partial charge in [0.2, 0.25) is 0 Å². The topological polar surface area (TPSA) is 9.23 Å². The minimum atomic E-state index is -0.293. The maximum atomic E-state index is 6.45.